The van der Waals surface area contributed by atoms with Crippen LogP contribution in [-0.4, -0.2) is 72.2 Å². The molecule has 9 heteroatoms. The van der Waals surface area contributed by atoms with Crippen LogP contribution in [0.25, 0.3) is 0 Å². The average Bonchev–Trinajstić information content (AvgIpc) is 3.53. The van der Waals surface area contributed by atoms with Crippen LogP contribution in [0.15, 0.2) is 42.6 Å². The van der Waals surface area contributed by atoms with Crippen molar-refractivity contribution in [3.63, 3.8) is 0 Å². The maximum absolute atomic E-state index is 13.2. The summed E-state index contributed by atoms with van der Waals surface area (Å²) in [6.07, 6.45) is 0.894. The normalized spacial score (nSPS) is 25.1. The van der Waals surface area contributed by atoms with Crippen molar-refractivity contribution >= 4 is 5.91 Å². The number of hydrogen-bond donors (Lipinski definition) is 1. The van der Waals surface area contributed by atoms with Crippen molar-refractivity contribution in [3.8, 4) is 0 Å². The van der Waals surface area contributed by atoms with Crippen molar-refractivity contribution < 1.29 is 22.7 Å². The Labute approximate surface area is 209 Å². The van der Waals surface area contributed by atoms with E-state index in [1.165, 1.54) is 6.07 Å². The molecule has 0 radical (unpaired) electrons. The van der Waals surface area contributed by atoms with Crippen LogP contribution in [0.4, 0.5) is 13.2 Å². The summed E-state index contributed by atoms with van der Waals surface area (Å²) >= 11 is 0. The minimum Gasteiger partial charge on any atom is -0.380 e. The standard InChI is InChI=1S/C27H33F3N4O2/c28-27(29,30)22-6-4-19-8-11-33(14-21(19)13-22)17-26(35)32-25-16-34(24-9-12-36-18-24)15-20(25)5-7-23-3-1-2-10-31-23/h1-4,6,10,13,20,24-25H,5,7-9,11-12,14-18H2,(H,32,35)/t20-,24?,25?/m0/s1. The second-order valence-corrected chi connectivity index (χ2v) is 10.2. The third-order valence-corrected chi connectivity index (χ3v) is 7.73. The Bertz CT molecular complexity index is 1040. The summed E-state index contributed by atoms with van der Waals surface area (Å²) in [4.78, 5) is 21.9. The van der Waals surface area contributed by atoms with Gasteiger partial charge in [0.05, 0.1) is 18.7 Å². The van der Waals surface area contributed by atoms with Crippen LogP contribution in [0.1, 0.15) is 35.2 Å². The number of amides is 1. The number of halogens is 3. The van der Waals surface area contributed by atoms with Gasteiger partial charge < -0.3 is 10.1 Å². The van der Waals surface area contributed by atoms with Gasteiger partial charge in [-0.3, -0.25) is 19.6 Å². The Balaban J connectivity index is 1.20. The lowest BCUT2D eigenvalue weighted by molar-refractivity contribution is -0.137. The van der Waals surface area contributed by atoms with Gasteiger partial charge in [0.2, 0.25) is 5.91 Å². The molecule has 3 aliphatic rings. The predicted octanol–water partition coefficient (Wildman–Crippen LogP) is 3.30. The summed E-state index contributed by atoms with van der Waals surface area (Å²) in [7, 11) is 0. The van der Waals surface area contributed by atoms with Crippen LogP contribution in [0.3, 0.4) is 0 Å². The number of nitrogens with one attached hydrogen (secondary N) is 1. The van der Waals surface area contributed by atoms with Crippen molar-refractivity contribution in [2.75, 3.05) is 39.4 Å². The number of hydrogen-bond acceptors (Lipinski definition) is 5. The molecule has 3 atom stereocenters. The van der Waals surface area contributed by atoms with Crippen LogP contribution in [-0.2, 0) is 35.1 Å². The van der Waals surface area contributed by atoms with Crippen molar-refractivity contribution in [2.45, 2.75) is 50.5 Å². The van der Waals surface area contributed by atoms with E-state index < -0.39 is 11.7 Å². The molecule has 2 fully saturated rings. The number of nitrogens with zero attached hydrogens (tertiary/aromatic N) is 3. The first-order chi connectivity index (χ1) is 17.3. The molecule has 1 aromatic carbocycles. The van der Waals surface area contributed by atoms with E-state index in [-0.39, 0.29) is 18.5 Å². The number of benzene rings is 1. The molecule has 5 rings (SSSR count). The van der Waals surface area contributed by atoms with E-state index >= 15 is 0 Å². The maximum Gasteiger partial charge on any atom is 0.416 e. The molecule has 6 nitrogen and oxygen atoms in total. The maximum atomic E-state index is 13.2. The monoisotopic (exact) mass is 502 g/mol. The van der Waals surface area contributed by atoms with Crippen molar-refractivity contribution in [1.29, 1.82) is 0 Å². The number of aromatic nitrogens is 1. The quantitative estimate of drug-likeness (QED) is 0.630. The molecule has 2 unspecified atom stereocenters. The number of carbonyl (C=O) groups is 1. The second-order valence-electron chi connectivity index (χ2n) is 10.2. The molecular weight excluding hydrogens is 469 g/mol. The first-order valence-electron chi connectivity index (χ1n) is 12.8. The van der Waals surface area contributed by atoms with E-state index in [1.54, 1.807) is 12.3 Å². The number of aryl methyl sites for hydroxylation is 1. The van der Waals surface area contributed by atoms with Crippen LogP contribution in [0, 0.1) is 5.92 Å². The summed E-state index contributed by atoms with van der Waals surface area (Å²) in [6, 6.07) is 10.3. The fraction of sp³-hybridized carbons (Fsp3) is 0.556. The second kappa shape index (κ2) is 10.9. The third-order valence-electron chi connectivity index (χ3n) is 7.73. The summed E-state index contributed by atoms with van der Waals surface area (Å²) in [5, 5.41) is 3.26. The fourth-order valence-corrected chi connectivity index (χ4v) is 5.73. The number of carbonyl (C=O) groups excluding carboxylic acids is 1. The molecule has 0 saturated carbocycles. The number of alkyl halides is 3. The number of pyridine rings is 1. The van der Waals surface area contributed by atoms with Crippen LogP contribution >= 0.6 is 0 Å². The molecule has 1 aromatic heterocycles. The zero-order valence-corrected chi connectivity index (χ0v) is 20.3. The van der Waals surface area contributed by atoms with Crippen LogP contribution in [0.5, 0.6) is 0 Å². The Hall–Kier alpha value is -2.49. The van der Waals surface area contributed by atoms with E-state index in [0.717, 1.165) is 62.9 Å². The first kappa shape index (κ1) is 25.2. The summed E-state index contributed by atoms with van der Waals surface area (Å²) < 4.78 is 45.0. The smallest absolute Gasteiger partial charge is 0.380 e. The molecule has 0 aliphatic carbocycles. The lowest BCUT2D eigenvalue weighted by Gasteiger charge is -2.29. The lowest BCUT2D eigenvalue weighted by Crippen LogP contribution is -2.46. The Morgan fingerprint density at radius 2 is 2.06 bits per heavy atom. The number of ether oxygens (including phenoxy) is 1. The van der Waals surface area contributed by atoms with Gasteiger partial charge in [-0.2, -0.15) is 13.2 Å². The van der Waals surface area contributed by atoms with Gasteiger partial charge >= 0.3 is 6.18 Å². The van der Waals surface area contributed by atoms with Gasteiger partial charge in [-0.25, -0.2) is 0 Å². The van der Waals surface area contributed by atoms with Crippen molar-refractivity contribution in [2.24, 2.45) is 5.92 Å². The summed E-state index contributed by atoms with van der Waals surface area (Å²) in [6.45, 7) is 4.43. The van der Waals surface area contributed by atoms with E-state index in [4.69, 9.17) is 4.74 Å². The molecule has 1 amide bonds. The highest BCUT2D eigenvalue weighted by molar-refractivity contribution is 5.78. The largest absolute Gasteiger partial charge is 0.416 e. The zero-order valence-electron chi connectivity index (χ0n) is 20.3. The first-order valence-corrected chi connectivity index (χ1v) is 12.8. The lowest BCUT2D eigenvalue weighted by atomic mass is 9.96. The molecule has 4 heterocycles. The Morgan fingerprint density at radius 3 is 2.81 bits per heavy atom. The van der Waals surface area contributed by atoms with Gasteiger partial charge in [-0.05, 0) is 67.0 Å². The van der Waals surface area contributed by atoms with Crippen LogP contribution < -0.4 is 5.32 Å². The van der Waals surface area contributed by atoms with Gasteiger partial charge in [-0.1, -0.05) is 12.1 Å². The highest BCUT2D eigenvalue weighted by Crippen LogP contribution is 2.32. The van der Waals surface area contributed by atoms with E-state index in [0.29, 0.717) is 37.0 Å². The number of fused-ring (bicyclic) bond motifs is 1. The Morgan fingerprint density at radius 1 is 1.17 bits per heavy atom. The molecule has 2 saturated heterocycles. The average molecular weight is 503 g/mol. The number of likely N-dealkylation sites (tertiary alicyclic amines) is 1. The van der Waals surface area contributed by atoms with E-state index in [2.05, 4.69) is 15.2 Å². The molecule has 194 valence electrons. The summed E-state index contributed by atoms with van der Waals surface area (Å²) in [5.41, 5.74) is 2.01. The fourth-order valence-electron chi connectivity index (χ4n) is 5.73. The SMILES string of the molecule is O=C(CN1CCc2ccc(C(F)(F)F)cc2C1)NC1CN(C2CCOC2)C[C@@H]1CCc1ccccn1. The van der Waals surface area contributed by atoms with Crippen LogP contribution in [0.2, 0.25) is 0 Å². The van der Waals surface area contributed by atoms with Gasteiger partial charge in [0, 0.05) is 56.8 Å². The van der Waals surface area contributed by atoms with Crippen molar-refractivity contribution in [1.82, 2.24) is 20.1 Å². The molecule has 3 aliphatic heterocycles. The predicted molar refractivity (Wildman–Crippen MR) is 129 cm³/mol. The molecular formula is C27H33F3N4O2. The highest BCUT2D eigenvalue weighted by atomic mass is 19.4. The third kappa shape index (κ3) is 6.07. The number of rotatable bonds is 7. The molecule has 0 spiro atoms. The van der Waals surface area contributed by atoms with E-state index in [9.17, 15) is 18.0 Å². The van der Waals surface area contributed by atoms with Gasteiger partial charge in [0.1, 0.15) is 0 Å². The highest BCUT2D eigenvalue weighted by Gasteiger charge is 2.38. The molecule has 36 heavy (non-hydrogen) atoms. The molecule has 2 aromatic rings. The van der Waals surface area contributed by atoms with Crippen molar-refractivity contribution in [3.05, 3.63) is 65.0 Å². The summed E-state index contributed by atoms with van der Waals surface area (Å²) in [5.74, 6) is 0.246. The minimum atomic E-state index is -4.36. The minimum absolute atomic E-state index is 0.0377. The Kier molecular flexibility index (Phi) is 7.60. The molecule has 0 bridgehead atoms. The van der Waals surface area contributed by atoms with E-state index in [1.807, 2.05) is 23.1 Å². The zero-order chi connectivity index (χ0) is 25.1. The van der Waals surface area contributed by atoms with Gasteiger partial charge in [0.15, 0.2) is 0 Å². The van der Waals surface area contributed by atoms with Gasteiger partial charge in [-0.15, -0.1) is 0 Å². The van der Waals surface area contributed by atoms with Gasteiger partial charge in [0.25, 0.3) is 0 Å². The molecule has 1 N–H and O–H groups in total. The topological polar surface area (TPSA) is 57.7 Å².